The summed E-state index contributed by atoms with van der Waals surface area (Å²) in [5.41, 5.74) is 4.47. The number of nitrogens with zero attached hydrogens (tertiary/aromatic N) is 1. The highest BCUT2D eigenvalue weighted by Crippen LogP contribution is 2.34. The van der Waals surface area contributed by atoms with Gasteiger partial charge in [0.25, 0.3) is 5.91 Å². The number of hydrogen-bond donors (Lipinski definition) is 2. The van der Waals surface area contributed by atoms with Crippen LogP contribution in [-0.4, -0.2) is 17.7 Å². The smallest absolute Gasteiger partial charge is 0.274 e. The third kappa shape index (κ3) is 3.19. The van der Waals surface area contributed by atoms with E-state index in [9.17, 15) is 4.79 Å². The van der Waals surface area contributed by atoms with Crippen molar-refractivity contribution in [2.45, 2.75) is 25.6 Å². The highest BCUT2D eigenvalue weighted by molar-refractivity contribution is 5.93. The van der Waals surface area contributed by atoms with Crippen molar-refractivity contribution in [2.24, 2.45) is 0 Å². The number of anilines is 1. The Morgan fingerprint density at radius 2 is 1.87 bits per heavy atom. The molecule has 1 amide bonds. The van der Waals surface area contributed by atoms with Crippen LogP contribution in [0.5, 0.6) is 0 Å². The minimum absolute atomic E-state index is 0.291. The summed E-state index contributed by atoms with van der Waals surface area (Å²) in [6.45, 7) is 0.664. The van der Waals surface area contributed by atoms with E-state index in [2.05, 4.69) is 6.07 Å². The van der Waals surface area contributed by atoms with E-state index in [4.69, 9.17) is 5.21 Å². The first kappa shape index (κ1) is 15.5. The summed E-state index contributed by atoms with van der Waals surface area (Å²) in [7, 11) is 0. The molecule has 5 heteroatoms. The van der Waals surface area contributed by atoms with Crippen LogP contribution in [0.25, 0.3) is 0 Å². The summed E-state index contributed by atoms with van der Waals surface area (Å²) in [6.07, 6.45) is 1.70. The Labute approximate surface area is 134 Å². The molecular weight excluding hydrogens is 295 g/mol. The molecule has 4 nitrogen and oxygen atoms in total. The van der Waals surface area contributed by atoms with Crippen molar-refractivity contribution in [3.63, 3.8) is 0 Å². The van der Waals surface area contributed by atoms with Gasteiger partial charge in [0.1, 0.15) is 0 Å². The third-order valence-electron chi connectivity index (χ3n) is 4.22. The Kier molecular flexibility index (Phi) is 4.57. The number of para-hydroxylation sites is 1. The fourth-order valence-electron chi connectivity index (χ4n) is 2.99. The zero-order valence-corrected chi connectivity index (χ0v) is 12.7. The van der Waals surface area contributed by atoms with Crippen LogP contribution in [0.1, 0.15) is 40.6 Å². The van der Waals surface area contributed by atoms with Gasteiger partial charge in [-0.1, -0.05) is 30.3 Å². The van der Waals surface area contributed by atoms with E-state index < -0.39 is 12.2 Å². The largest absolute Gasteiger partial charge is 0.338 e. The molecule has 2 N–H and O–H groups in total. The number of alkyl halides is 1. The molecule has 1 aliphatic rings. The fraction of sp³-hybridized carbons (Fsp3) is 0.278. The first-order chi connectivity index (χ1) is 11.2. The number of rotatable bonds is 3. The maximum absolute atomic E-state index is 15.1. The molecule has 0 aromatic heterocycles. The minimum atomic E-state index is -1.26. The van der Waals surface area contributed by atoms with E-state index >= 15 is 4.39 Å². The number of benzene rings is 2. The van der Waals surface area contributed by atoms with Crippen LogP contribution in [0, 0.1) is 0 Å². The van der Waals surface area contributed by atoms with Crippen molar-refractivity contribution in [3.8, 4) is 0 Å². The number of fused-ring (bicyclic) bond motifs is 1. The molecule has 1 unspecified atom stereocenters. The highest BCUT2D eigenvalue weighted by atomic mass is 19.1. The van der Waals surface area contributed by atoms with Gasteiger partial charge in [0.2, 0.25) is 0 Å². The quantitative estimate of drug-likeness (QED) is 0.517. The molecule has 1 aliphatic heterocycles. The molecule has 2 aromatic rings. The van der Waals surface area contributed by atoms with Crippen molar-refractivity contribution in [2.75, 3.05) is 11.4 Å². The van der Waals surface area contributed by atoms with Crippen molar-refractivity contribution in [1.29, 1.82) is 0 Å². The second kappa shape index (κ2) is 6.79. The maximum atomic E-state index is 15.1. The maximum Gasteiger partial charge on any atom is 0.274 e. The van der Waals surface area contributed by atoms with Gasteiger partial charge in [-0.3, -0.25) is 10.0 Å². The SMILES string of the molecule is O=C(NO)c1ccc(C(F)N2CCCCc3ccccc32)cc1. The third-order valence-corrected chi connectivity index (χ3v) is 4.22. The molecular formula is C18H19FN2O2. The molecule has 3 rings (SSSR count). The second-order valence-corrected chi connectivity index (χ2v) is 5.68. The average molecular weight is 314 g/mol. The monoisotopic (exact) mass is 314 g/mol. The molecule has 0 radical (unpaired) electrons. The van der Waals surface area contributed by atoms with Gasteiger partial charge in [-0.25, -0.2) is 9.87 Å². The van der Waals surface area contributed by atoms with Gasteiger partial charge in [0, 0.05) is 23.4 Å². The lowest BCUT2D eigenvalue weighted by molar-refractivity contribution is 0.0706. The average Bonchev–Trinajstić information content (AvgIpc) is 2.83. The molecule has 0 fully saturated rings. The van der Waals surface area contributed by atoms with Crippen LogP contribution in [0.2, 0.25) is 0 Å². The van der Waals surface area contributed by atoms with E-state index in [1.807, 2.05) is 18.2 Å². The van der Waals surface area contributed by atoms with Gasteiger partial charge in [-0.15, -0.1) is 0 Å². The van der Waals surface area contributed by atoms with Gasteiger partial charge in [0.15, 0.2) is 6.30 Å². The van der Waals surface area contributed by atoms with Gasteiger partial charge >= 0.3 is 0 Å². The molecule has 1 heterocycles. The van der Waals surface area contributed by atoms with Crippen LogP contribution in [0.15, 0.2) is 48.5 Å². The molecule has 2 aromatic carbocycles. The number of carbonyl (C=O) groups excluding carboxylic acids is 1. The number of aryl methyl sites for hydroxylation is 1. The number of hydrogen-bond acceptors (Lipinski definition) is 3. The second-order valence-electron chi connectivity index (χ2n) is 5.68. The Morgan fingerprint density at radius 3 is 2.61 bits per heavy atom. The zero-order chi connectivity index (χ0) is 16.2. The van der Waals surface area contributed by atoms with Gasteiger partial charge in [-0.2, -0.15) is 0 Å². The van der Waals surface area contributed by atoms with Crippen LogP contribution < -0.4 is 10.4 Å². The highest BCUT2D eigenvalue weighted by Gasteiger charge is 2.24. The molecule has 1 atom stereocenters. The number of nitrogens with one attached hydrogen (secondary N) is 1. The Hall–Kier alpha value is -2.40. The molecule has 23 heavy (non-hydrogen) atoms. The molecule has 0 aliphatic carbocycles. The summed E-state index contributed by atoms with van der Waals surface area (Å²) in [6, 6.07) is 14.1. The van der Waals surface area contributed by atoms with Gasteiger partial charge in [-0.05, 0) is 43.0 Å². The van der Waals surface area contributed by atoms with Crippen molar-refractivity contribution >= 4 is 11.6 Å². The van der Waals surface area contributed by atoms with Crippen LogP contribution in [0.3, 0.4) is 0 Å². The van der Waals surface area contributed by atoms with Crippen LogP contribution in [0.4, 0.5) is 10.1 Å². The predicted molar refractivity (Wildman–Crippen MR) is 86.3 cm³/mol. The Bertz CT molecular complexity index is 688. The Morgan fingerprint density at radius 1 is 1.13 bits per heavy atom. The van der Waals surface area contributed by atoms with E-state index in [1.54, 1.807) is 22.5 Å². The lowest BCUT2D eigenvalue weighted by atomic mass is 10.1. The van der Waals surface area contributed by atoms with Crippen molar-refractivity contribution in [3.05, 3.63) is 65.2 Å². The van der Waals surface area contributed by atoms with Crippen LogP contribution in [-0.2, 0) is 6.42 Å². The normalized spacial score (nSPS) is 15.5. The summed E-state index contributed by atoms with van der Waals surface area (Å²) in [5.74, 6) is -0.605. The summed E-state index contributed by atoms with van der Waals surface area (Å²) in [4.78, 5) is 13.1. The summed E-state index contributed by atoms with van der Waals surface area (Å²) in [5, 5.41) is 8.63. The molecule has 0 spiro atoms. The Balaban J connectivity index is 1.88. The molecule has 0 saturated carbocycles. The van der Waals surface area contributed by atoms with E-state index in [-0.39, 0.29) is 0 Å². The number of halogens is 1. The molecule has 0 saturated heterocycles. The van der Waals surface area contributed by atoms with Crippen molar-refractivity contribution in [1.82, 2.24) is 5.48 Å². The van der Waals surface area contributed by atoms with Gasteiger partial charge in [0.05, 0.1) is 0 Å². The first-order valence-corrected chi connectivity index (χ1v) is 7.73. The van der Waals surface area contributed by atoms with E-state index in [1.165, 1.54) is 17.7 Å². The number of amides is 1. The van der Waals surface area contributed by atoms with E-state index in [0.717, 1.165) is 24.9 Å². The molecule has 120 valence electrons. The number of hydroxylamine groups is 1. The van der Waals surface area contributed by atoms with Crippen LogP contribution >= 0.6 is 0 Å². The van der Waals surface area contributed by atoms with E-state index in [0.29, 0.717) is 17.7 Å². The van der Waals surface area contributed by atoms with Gasteiger partial charge < -0.3 is 4.90 Å². The fourth-order valence-corrected chi connectivity index (χ4v) is 2.99. The zero-order valence-electron chi connectivity index (χ0n) is 12.7. The summed E-state index contributed by atoms with van der Waals surface area (Å²) < 4.78 is 15.1. The number of carbonyl (C=O) groups is 1. The minimum Gasteiger partial charge on any atom is -0.338 e. The lowest BCUT2D eigenvalue weighted by Crippen LogP contribution is -2.27. The topological polar surface area (TPSA) is 52.6 Å². The van der Waals surface area contributed by atoms with Crippen molar-refractivity contribution < 1.29 is 14.4 Å². The summed E-state index contributed by atoms with van der Waals surface area (Å²) >= 11 is 0. The molecule has 0 bridgehead atoms. The lowest BCUT2D eigenvalue weighted by Gasteiger charge is -2.29. The first-order valence-electron chi connectivity index (χ1n) is 7.73. The standard InChI is InChI=1S/C18H19FN2O2/c19-17(14-8-10-15(11-9-14)18(22)20-23)21-12-4-3-6-13-5-1-2-7-16(13)21/h1-2,5,7-11,17,23H,3-4,6,12H2,(H,20,22). The predicted octanol–water partition coefficient (Wildman–Crippen LogP) is 3.62.